The van der Waals surface area contributed by atoms with Gasteiger partial charge in [0, 0.05) is 31.0 Å². The lowest BCUT2D eigenvalue weighted by molar-refractivity contribution is -0.277. The Labute approximate surface area is 167 Å². The van der Waals surface area contributed by atoms with Crippen molar-refractivity contribution >= 4 is 43.7 Å². The number of ether oxygens (including phenoxy) is 5. The molecule has 1 heterocycles. The molecule has 12 heteroatoms. The van der Waals surface area contributed by atoms with Crippen LogP contribution in [0.1, 0.15) is 35.1 Å². The second-order valence-electron chi connectivity index (χ2n) is 4.70. The zero-order valence-corrected chi connectivity index (χ0v) is 16.1. The molecule has 27 heavy (non-hydrogen) atoms. The summed E-state index contributed by atoms with van der Waals surface area (Å²) in [7, 11) is 1.29. The van der Waals surface area contributed by atoms with E-state index in [1.807, 2.05) is 13.8 Å². The minimum atomic E-state index is -1.56. The van der Waals surface area contributed by atoms with Gasteiger partial charge in [-0.1, -0.05) is 27.9 Å². The van der Waals surface area contributed by atoms with Crippen LogP contribution in [-0.4, -0.2) is 70.1 Å². The van der Waals surface area contributed by atoms with Crippen molar-refractivity contribution in [1.82, 2.24) is 0 Å². The Hall–Kier alpha value is -2.26. The Kier molecular flexibility index (Phi) is 34.9. The second-order valence-corrected chi connectivity index (χ2v) is 4.70. The van der Waals surface area contributed by atoms with Gasteiger partial charge in [-0.05, 0) is 19.8 Å². The van der Waals surface area contributed by atoms with Gasteiger partial charge in [0.05, 0.1) is 13.7 Å². The van der Waals surface area contributed by atoms with E-state index < -0.39 is 18.5 Å². The number of carbonyl (C=O) groups excluding carboxylic acids is 3. The van der Waals surface area contributed by atoms with Crippen LogP contribution in [0.2, 0.25) is 0 Å². The van der Waals surface area contributed by atoms with Gasteiger partial charge >= 0.3 is 12.3 Å². The average molecular weight is 387 g/mol. The maximum absolute atomic E-state index is 10.3. The number of hydrogen-bond acceptors (Lipinski definition) is 9. The molecule has 1 atom stereocenters. The number of methoxy groups -OCH3 is 1. The number of allylic oxidation sites excluding steroid dienone is 1. The van der Waals surface area contributed by atoms with Gasteiger partial charge in [0.15, 0.2) is 0 Å². The molecule has 0 saturated carbocycles. The molecule has 1 fully saturated rings. The zero-order chi connectivity index (χ0) is 18.4. The van der Waals surface area contributed by atoms with Crippen molar-refractivity contribution in [1.29, 1.82) is 0 Å². The third-order valence-corrected chi connectivity index (χ3v) is 1.69. The fraction of sp³-hybridized carbons (Fsp3) is 0.667. The molecule has 0 aromatic heterocycles. The molecule has 1 saturated heterocycles. The van der Waals surface area contributed by atoms with Gasteiger partial charge in [-0.25, -0.2) is 9.59 Å². The van der Waals surface area contributed by atoms with Crippen LogP contribution in [-0.2, 0) is 23.7 Å². The fourth-order valence-corrected chi connectivity index (χ4v) is 0.854. The number of carboxylic acid groups (broad SMARTS) is 1. The Bertz CT molecular complexity index is 392. The standard InChI is InChI=1S/C6H12O3.2C4H6O3.CH4.3BH/c1-5(2)4-9-6(7)8-3;1-3-2-6-4(5)7-3;1-3(2)7-4(5)6;;;;/h5H,4H2,1-3H3;3H,2H2,1H3;1H2,2H3,(H,5,6);1H4;3*1H/p-1. The summed E-state index contributed by atoms with van der Waals surface area (Å²) in [5.41, 5.74) is 0. The van der Waals surface area contributed by atoms with Crippen molar-refractivity contribution in [2.45, 2.75) is 41.2 Å². The third-order valence-electron chi connectivity index (χ3n) is 1.69. The second kappa shape index (κ2) is 23.7. The van der Waals surface area contributed by atoms with E-state index in [4.69, 9.17) is 0 Å². The van der Waals surface area contributed by atoms with Gasteiger partial charge in [-0.2, -0.15) is 0 Å². The molecule has 9 nitrogen and oxygen atoms in total. The molecule has 1 aliphatic rings. The van der Waals surface area contributed by atoms with Crippen LogP contribution in [0.15, 0.2) is 12.3 Å². The molecule has 0 aliphatic carbocycles. The van der Waals surface area contributed by atoms with E-state index in [1.165, 1.54) is 14.0 Å². The fourth-order valence-electron chi connectivity index (χ4n) is 0.854. The van der Waals surface area contributed by atoms with Crippen molar-refractivity contribution in [3.05, 3.63) is 12.3 Å². The summed E-state index contributed by atoms with van der Waals surface area (Å²) in [4.78, 5) is 29.7. The van der Waals surface area contributed by atoms with Crippen LogP contribution in [0.3, 0.4) is 0 Å². The Morgan fingerprint density at radius 3 is 1.93 bits per heavy atom. The average Bonchev–Trinajstić information content (AvgIpc) is 2.79. The Morgan fingerprint density at radius 1 is 1.30 bits per heavy atom. The lowest BCUT2D eigenvalue weighted by Gasteiger charge is -2.03. The first-order valence-corrected chi connectivity index (χ1v) is 6.66. The maximum Gasteiger partial charge on any atom is 0.508 e. The number of hydrogen-bond donors (Lipinski definition) is 0. The molecule has 0 amide bonds. The van der Waals surface area contributed by atoms with E-state index in [0.29, 0.717) is 19.1 Å². The summed E-state index contributed by atoms with van der Waals surface area (Å²) >= 11 is 0. The van der Waals surface area contributed by atoms with Crippen molar-refractivity contribution in [2.75, 3.05) is 20.3 Å². The molecule has 1 unspecified atom stereocenters. The smallest absolute Gasteiger partial charge is 0.508 e. The van der Waals surface area contributed by atoms with Crippen LogP contribution in [0, 0.1) is 5.92 Å². The van der Waals surface area contributed by atoms with Crippen LogP contribution < -0.4 is 5.11 Å². The maximum atomic E-state index is 10.3. The van der Waals surface area contributed by atoms with Crippen LogP contribution in [0.25, 0.3) is 0 Å². The molecular weight excluding hydrogens is 357 g/mol. The first kappa shape index (κ1) is 39.7. The highest BCUT2D eigenvalue weighted by atomic mass is 16.8. The van der Waals surface area contributed by atoms with Crippen LogP contribution in [0.5, 0.6) is 0 Å². The SMILES string of the molecule is C.C=C(C)OC(=O)[O-].CC1COC(=O)O1.COC(=O)OCC(C)C.[BH].[BH].[BH]. The van der Waals surface area contributed by atoms with Crippen molar-refractivity contribution in [3.63, 3.8) is 0 Å². The molecule has 0 spiro atoms. The minimum Gasteiger partial charge on any atom is -0.519 e. The van der Waals surface area contributed by atoms with Crippen molar-refractivity contribution in [2.24, 2.45) is 5.92 Å². The molecule has 0 aromatic carbocycles. The lowest BCUT2D eigenvalue weighted by atomic mass is 10.2. The van der Waals surface area contributed by atoms with E-state index >= 15 is 0 Å². The van der Waals surface area contributed by atoms with Gasteiger partial charge in [-0.15, -0.1) is 0 Å². The van der Waals surface area contributed by atoms with Crippen molar-refractivity contribution in [3.8, 4) is 0 Å². The Balaban J connectivity index is -0.0000000575. The lowest BCUT2D eigenvalue weighted by Crippen LogP contribution is -2.22. The third kappa shape index (κ3) is 35.7. The zero-order valence-electron chi connectivity index (χ0n) is 16.1. The summed E-state index contributed by atoms with van der Waals surface area (Å²) in [6.45, 7) is 11.1. The summed E-state index contributed by atoms with van der Waals surface area (Å²) in [6.07, 6.45) is -2.77. The van der Waals surface area contributed by atoms with Crippen LogP contribution >= 0.6 is 0 Å². The van der Waals surface area contributed by atoms with E-state index in [9.17, 15) is 19.5 Å². The monoisotopic (exact) mass is 387 g/mol. The number of rotatable bonds is 3. The molecule has 6 radical (unpaired) electrons. The first-order chi connectivity index (χ1) is 10.6. The van der Waals surface area contributed by atoms with Gasteiger partial charge in [0.2, 0.25) is 0 Å². The minimum absolute atomic E-state index is 0. The summed E-state index contributed by atoms with van der Waals surface area (Å²) in [5, 5.41) is 9.42. The number of cyclic esters (lactones) is 2. The highest BCUT2D eigenvalue weighted by molar-refractivity contribution is 5.76. The normalized spacial score (nSPS) is 12.7. The predicted octanol–water partition coefficient (Wildman–Crippen LogP) is 0.538. The topological polar surface area (TPSA) is 120 Å². The van der Waals surface area contributed by atoms with E-state index in [1.54, 1.807) is 6.92 Å². The summed E-state index contributed by atoms with van der Waals surface area (Å²) < 4.78 is 21.6. The number of carbonyl (C=O) groups is 3. The largest absolute Gasteiger partial charge is 0.519 e. The van der Waals surface area contributed by atoms with Gasteiger partial charge in [0.25, 0.3) is 6.16 Å². The van der Waals surface area contributed by atoms with Gasteiger partial charge in [0.1, 0.15) is 12.7 Å². The molecule has 0 N–H and O–H groups in total. The molecule has 1 aliphatic heterocycles. The quantitative estimate of drug-likeness (QED) is 0.296. The predicted molar refractivity (Wildman–Crippen MR) is 105 cm³/mol. The summed E-state index contributed by atoms with van der Waals surface area (Å²) in [5.74, 6) is 0.490. The Morgan fingerprint density at radius 2 is 1.78 bits per heavy atom. The molecule has 0 bridgehead atoms. The highest BCUT2D eigenvalue weighted by Gasteiger charge is 2.19. The van der Waals surface area contributed by atoms with Gasteiger partial charge in [-0.3, -0.25) is 0 Å². The summed E-state index contributed by atoms with van der Waals surface area (Å²) in [6, 6.07) is 0. The molecular formula is C15H30B3O9-. The van der Waals surface area contributed by atoms with Gasteiger partial charge < -0.3 is 33.6 Å². The molecule has 0 aromatic rings. The van der Waals surface area contributed by atoms with E-state index in [0.717, 1.165) is 0 Å². The van der Waals surface area contributed by atoms with E-state index in [-0.39, 0.29) is 44.5 Å². The van der Waals surface area contributed by atoms with Crippen LogP contribution in [0.4, 0.5) is 14.4 Å². The highest BCUT2D eigenvalue weighted by Crippen LogP contribution is 2.02. The molecule has 1 rings (SSSR count). The van der Waals surface area contributed by atoms with Crippen molar-refractivity contribution < 1.29 is 43.2 Å². The van der Waals surface area contributed by atoms with E-state index in [2.05, 4.69) is 30.3 Å². The first-order valence-electron chi connectivity index (χ1n) is 6.66. The molecule has 154 valence electrons.